The van der Waals surface area contributed by atoms with Gasteiger partial charge in [0.25, 0.3) is 0 Å². The van der Waals surface area contributed by atoms with Crippen molar-refractivity contribution in [3.8, 4) is 0 Å². The Balaban J connectivity index is 2.09. The molecule has 0 aliphatic carbocycles. The Morgan fingerprint density at radius 2 is 2.09 bits per heavy atom. The van der Waals surface area contributed by atoms with Crippen LogP contribution in [-0.2, 0) is 4.74 Å². The number of fused-ring (bicyclic) bond motifs is 1. The van der Waals surface area contributed by atoms with E-state index in [0.717, 1.165) is 0 Å². The molecule has 0 aromatic carbocycles. The highest BCUT2D eigenvalue weighted by atomic mass is 16.6. The molecular formula is C12H19N7O4. The van der Waals surface area contributed by atoms with Gasteiger partial charge < -0.3 is 36.8 Å². The number of aliphatic hydroxyl groups is 3. The lowest BCUT2D eigenvalue weighted by Crippen LogP contribution is -2.33. The van der Waals surface area contributed by atoms with Crippen LogP contribution < -0.4 is 16.8 Å². The lowest BCUT2D eigenvalue weighted by Gasteiger charge is -2.19. The van der Waals surface area contributed by atoms with E-state index in [1.54, 1.807) is 0 Å². The number of anilines is 2. The SMILES string of the molecule is NCCNc1nc2c(N)ncnc2n1[C@@H]1O[C@H](CO)[C@@H](O)[C@H]1O. The van der Waals surface area contributed by atoms with E-state index < -0.39 is 31.1 Å². The maximum atomic E-state index is 10.2. The Hall–Kier alpha value is -2.05. The van der Waals surface area contributed by atoms with Crippen molar-refractivity contribution < 1.29 is 20.1 Å². The molecule has 0 bridgehead atoms. The molecule has 1 aliphatic rings. The van der Waals surface area contributed by atoms with Crippen LogP contribution in [0.3, 0.4) is 0 Å². The molecule has 0 radical (unpaired) electrons. The van der Waals surface area contributed by atoms with Gasteiger partial charge in [0, 0.05) is 13.1 Å². The summed E-state index contributed by atoms with van der Waals surface area (Å²) in [7, 11) is 0. The van der Waals surface area contributed by atoms with Crippen LogP contribution in [-0.4, -0.2) is 72.8 Å². The van der Waals surface area contributed by atoms with Crippen LogP contribution in [0.4, 0.5) is 11.8 Å². The Labute approximate surface area is 130 Å². The molecule has 4 atom stereocenters. The summed E-state index contributed by atoms with van der Waals surface area (Å²) in [4.78, 5) is 12.3. The smallest absolute Gasteiger partial charge is 0.207 e. The third-order valence-electron chi connectivity index (χ3n) is 3.70. The van der Waals surface area contributed by atoms with Gasteiger partial charge in [-0.3, -0.25) is 4.57 Å². The van der Waals surface area contributed by atoms with Gasteiger partial charge in [0.1, 0.15) is 24.6 Å². The third-order valence-corrected chi connectivity index (χ3v) is 3.70. The molecule has 0 amide bonds. The molecule has 2 aromatic heterocycles. The second-order valence-corrected chi connectivity index (χ2v) is 5.18. The molecule has 8 N–H and O–H groups in total. The van der Waals surface area contributed by atoms with Gasteiger partial charge in [-0.25, -0.2) is 15.0 Å². The Kier molecular flexibility index (Phi) is 4.28. The molecule has 3 rings (SSSR count). The van der Waals surface area contributed by atoms with Gasteiger partial charge >= 0.3 is 0 Å². The highest BCUT2D eigenvalue weighted by Gasteiger charge is 2.45. The molecule has 0 spiro atoms. The van der Waals surface area contributed by atoms with E-state index in [0.29, 0.717) is 30.2 Å². The normalized spacial score (nSPS) is 27.7. The average molecular weight is 325 g/mol. The van der Waals surface area contributed by atoms with Gasteiger partial charge in [0.05, 0.1) is 6.61 Å². The number of nitrogen functional groups attached to an aromatic ring is 1. The zero-order valence-electron chi connectivity index (χ0n) is 12.2. The van der Waals surface area contributed by atoms with E-state index in [2.05, 4.69) is 20.3 Å². The predicted molar refractivity (Wildman–Crippen MR) is 80.3 cm³/mol. The number of ether oxygens (including phenoxy) is 1. The predicted octanol–water partition coefficient (Wildman–Crippen LogP) is -2.61. The Morgan fingerprint density at radius 3 is 2.74 bits per heavy atom. The Morgan fingerprint density at radius 1 is 1.30 bits per heavy atom. The minimum Gasteiger partial charge on any atom is -0.394 e. The molecule has 2 aromatic rings. The Bertz CT molecular complexity index is 693. The number of rotatable bonds is 5. The first-order chi connectivity index (χ1) is 11.1. The molecule has 0 unspecified atom stereocenters. The van der Waals surface area contributed by atoms with Crippen molar-refractivity contribution in [2.45, 2.75) is 24.5 Å². The van der Waals surface area contributed by atoms with Crippen LogP contribution in [0.15, 0.2) is 6.33 Å². The van der Waals surface area contributed by atoms with Crippen molar-refractivity contribution in [1.82, 2.24) is 19.5 Å². The molecule has 126 valence electrons. The molecular weight excluding hydrogens is 306 g/mol. The largest absolute Gasteiger partial charge is 0.394 e. The number of aromatic nitrogens is 4. The topological polar surface area (TPSA) is 178 Å². The number of nitrogens with zero attached hydrogens (tertiary/aromatic N) is 4. The van der Waals surface area contributed by atoms with E-state index in [-0.39, 0.29) is 5.82 Å². The van der Waals surface area contributed by atoms with Crippen LogP contribution in [0.2, 0.25) is 0 Å². The van der Waals surface area contributed by atoms with E-state index in [4.69, 9.17) is 16.2 Å². The van der Waals surface area contributed by atoms with Crippen molar-refractivity contribution in [2.24, 2.45) is 5.73 Å². The van der Waals surface area contributed by atoms with Crippen molar-refractivity contribution in [3.63, 3.8) is 0 Å². The second-order valence-electron chi connectivity index (χ2n) is 5.18. The number of nitrogens with two attached hydrogens (primary N) is 2. The summed E-state index contributed by atoms with van der Waals surface area (Å²) in [5, 5.41) is 32.4. The van der Waals surface area contributed by atoms with E-state index >= 15 is 0 Å². The molecule has 1 fully saturated rings. The maximum absolute atomic E-state index is 10.2. The third kappa shape index (κ3) is 2.58. The van der Waals surface area contributed by atoms with Gasteiger partial charge in [-0.1, -0.05) is 0 Å². The first-order valence-corrected chi connectivity index (χ1v) is 7.13. The fraction of sp³-hybridized carbons (Fsp3) is 0.583. The summed E-state index contributed by atoms with van der Waals surface area (Å²) >= 11 is 0. The molecule has 1 saturated heterocycles. The number of aliphatic hydroxyl groups excluding tert-OH is 3. The van der Waals surface area contributed by atoms with Crippen LogP contribution in [0, 0.1) is 0 Å². The minimum atomic E-state index is -1.26. The summed E-state index contributed by atoms with van der Waals surface area (Å²) in [6.45, 7) is 0.357. The van der Waals surface area contributed by atoms with Crippen LogP contribution in [0.5, 0.6) is 0 Å². The fourth-order valence-electron chi connectivity index (χ4n) is 2.57. The van der Waals surface area contributed by atoms with E-state index in [9.17, 15) is 15.3 Å². The van der Waals surface area contributed by atoms with E-state index in [1.165, 1.54) is 10.9 Å². The zero-order chi connectivity index (χ0) is 16.6. The summed E-state index contributed by atoms with van der Waals surface area (Å²) in [5.74, 6) is 0.504. The molecule has 3 heterocycles. The first-order valence-electron chi connectivity index (χ1n) is 7.13. The second kappa shape index (κ2) is 6.22. The average Bonchev–Trinajstić information content (AvgIpc) is 3.05. The zero-order valence-corrected chi connectivity index (χ0v) is 12.2. The number of hydrogen-bond acceptors (Lipinski definition) is 10. The highest BCUT2D eigenvalue weighted by Crippen LogP contribution is 2.34. The summed E-state index contributed by atoms with van der Waals surface area (Å²) in [5.41, 5.74) is 12.0. The van der Waals surface area contributed by atoms with Crippen LogP contribution in [0.1, 0.15) is 6.23 Å². The standard InChI is InChI=1S/C12H19N7O4/c13-1-2-15-12-18-6-9(14)16-4-17-10(6)19(12)11-8(22)7(21)5(3-20)23-11/h4-5,7-8,11,20-22H,1-3,13H2,(H,15,18)(H2,14,16,17)/t5-,7-,8-,11-/m1/s1. The van der Waals surface area contributed by atoms with Crippen molar-refractivity contribution in [3.05, 3.63) is 6.33 Å². The van der Waals surface area contributed by atoms with Gasteiger partial charge in [-0.2, -0.15) is 0 Å². The van der Waals surface area contributed by atoms with Gasteiger partial charge in [-0.15, -0.1) is 0 Å². The summed E-state index contributed by atoms with van der Waals surface area (Å²) < 4.78 is 7.03. The number of imidazole rings is 1. The van der Waals surface area contributed by atoms with E-state index in [1.807, 2.05) is 0 Å². The van der Waals surface area contributed by atoms with Gasteiger partial charge in [0.2, 0.25) is 5.95 Å². The molecule has 23 heavy (non-hydrogen) atoms. The molecule has 1 aliphatic heterocycles. The number of nitrogens with one attached hydrogen (secondary N) is 1. The monoisotopic (exact) mass is 325 g/mol. The lowest BCUT2D eigenvalue weighted by atomic mass is 10.1. The summed E-state index contributed by atoms with van der Waals surface area (Å²) in [6, 6.07) is 0. The number of hydrogen-bond donors (Lipinski definition) is 6. The first kappa shape index (κ1) is 15.8. The highest BCUT2D eigenvalue weighted by molar-refractivity contribution is 5.84. The lowest BCUT2D eigenvalue weighted by molar-refractivity contribution is -0.0501. The van der Waals surface area contributed by atoms with Gasteiger partial charge in [-0.05, 0) is 0 Å². The maximum Gasteiger partial charge on any atom is 0.207 e. The molecule has 0 saturated carbocycles. The summed E-state index contributed by atoms with van der Waals surface area (Å²) in [6.07, 6.45) is -3.12. The van der Waals surface area contributed by atoms with Crippen molar-refractivity contribution >= 4 is 22.9 Å². The van der Waals surface area contributed by atoms with Gasteiger partial charge in [0.15, 0.2) is 23.2 Å². The quantitative estimate of drug-likeness (QED) is 0.341. The van der Waals surface area contributed by atoms with Crippen molar-refractivity contribution in [1.29, 1.82) is 0 Å². The van der Waals surface area contributed by atoms with Crippen LogP contribution >= 0.6 is 0 Å². The fourth-order valence-corrected chi connectivity index (χ4v) is 2.57. The van der Waals surface area contributed by atoms with Crippen LogP contribution in [0.25, 0.3) is 11.2 Å². The molecule has 11 heteroatoms. The van der Waals surface area contributed by atoms with Crippen molar-refractivity contribution in [2.75, 3.05) is 30.7 Å². The molecule has 11 nitrogen and oxygen atoms in total. The minimum absolute atomic E-state index is 0.177.